The van der Waals surface area contributed by atoms with Crippen molar-refractivity contribution in [1.82, 2.24) is 4.98 Å². The number of rotatable bonds is 3. The lowest BCUT2D eigenvalue weighted by Gasteiger charge is -1.99. The zero-order chi connectivity index (χ0) is 9.84. The number of allylic oxidation sites excluding steroid dienone is 1. The Kier molecular flexibility index (Phi) is 2.95. The highest BCUT2D eigenvalue weighted by Crippen LogP contribution is 1.96. The summed E-state index contributed by atoms with van der Waals surface area (Å²) >= 11 is 0. The Bertz CT molecular complexity index is 338. The Hall–Kier alpha value is -1.46. The minimum atomic E-state index is -1.61. The van der Waals surface area contributed by atoms with Crippen LogP contribution in [0, 0.1) is 0 Å². The van der Waals surface area contributed by atoms with Crippen molar-refractivity contribution >= 4 is 18.4 Å². The first-order valence-corrected chi connectivity index (χ1v) is 3.63. The molecule has 0 amide bonds. The standard InChI is InChI=1S/C8H8BNO3/c1-2-8(11)6-3-7(9(12)13)5-10-4-6/h2-5,12-13H,1H2. The van der Waals surface area contributed by atoms with Crippen LogP contribution in [-0.4, -0.2) is 27.9 Å². The maximum absolute atomic E-state index is 11.1. The van der Waals surface area contributed by atoms with E-state index in [1.807, 2.05) is 0 Å². The predicted octanol–water partition coefficient (Wildman–Crippen LogP) is -0.870. The molecular weight excluding hydrogens is 169 g/mol. The Balaban J connectivity index is 3.05. The first-order chi connectivity index (χ1) is 6.15. The van der Waals surface area contributed by atoms with Crippen LogP contribution in [0.3, 0.4) is 0 Å². The first-order valence-electron chi connectivity index (χ1n) is 3.63. The Labute approximate surface area is 75.7 Å². The fraction of sp³-hybridized carbons (Fsp3) is 0. The van der Waals surface area contributed by atoms with Crippen molar-refractivity contribution in [3.8, 4) is 0 Å². The number of aromatic nitrogens is 1. The van der Waals surface area contributed by atoms with Gasteiger partial charge in [-0.2, -0.15) is 0 Å². The number of hydrogen-bond acceptors (Lipinski definition) is 4. The molecular formula is C8H8BNO3. The molecule has 1 aromatic rings. The maximum Gasteiger partial charge on any atom is 0.490 e. The highest BCUT2D eigenvalue weighted by molar-refractivity contribution is 6.58. The van der Waals surface area contributed by atoms with Gasteiger partial charge in [0, 0.05) is 23.4 Å². The van der Waals surface area contributed by atoms with Gasteiger partial charge in [0.15, 0.2) is 5.78 Å². The second-order valence-electron chi connectivity index (χ2n) is 2.45. The summed E-state index contributed by atoms with van der Waals surface area (Å²) in [5, 5.41) is 17.6. The quantitative estimate of drug-likeness (QED) is 0.357. The van der Waals surface area contributed by atoms with E-state index >= 15 is 0 Å². The molecule has 0 aliphatic carbocycles. The van der Waals surface area contributed by atoms with Crippen molar-refractivity contribution in [2.75, 3.05) is 0 Å². The molecule has 0 bridgehead atoms. The number of carbonyl (C=O) groups excluding carboxylic acids is 1. The van der Waals surface area contributed by atoms with Gasteiger partial charge in [-0.25, -0.2) is 0 Å². The van der Waals surface area contributed by atoms with Gasteiger partial charge in [-0.05, 0) is 12.1 Å². The molecule has 0 aliphatic rings. The van der Waals surface area contributed by atoms with E-state index < -0.39 is 7.12 Å². The van der Waals surface area contributed by atoms with E-state index in [0.717, 1.165) is 6.08 Å². The highest BCUT2D eigenvalue weighted by atomic mass is 16.4. The van der Waals surface area contributed by atoms with Crippen LogP contribution in [0.15, 0.2) is 31.1 Å². The summed E-state index contributed by atoms with van der Waals surface area (Å²) in [6, 6.07) is 1.36. The van der Waals surface area contributed by atoms with Gasteiger partial charge >= 0.3 is 7.12 Å². The smallest absolute Gasteiger partial charge is 0.423 e. The summed E-state index contributed by atoms with van der Waals surface area (Å²) in [5.41, 5.74) is 0.480. The lowest BCUT2D eigenvalue weighted by Crippen LogP contribution is -2.30. The molecule has 66 valence electrons. The minimum absolute atomic E-state index is 0.188. The van der Waals surface area contributed by atoms with Crippen LogP contribution in [0.2, 0.25) is 0 Å². The molecule has 0 spiro atoms. The zero-order valence-corrected chi connectivity index (χ0v) is 6.84. The Morgan fingerprint density at radius 1 is 1.54 bits per heavy atom. The molecule has 1 aromatic heterocycles. The van der Waals surface area contributed by atoms with Crippen LogP contribution in [0.25, 0.3) is 0 Å². The number of hydrogen-bond donors (Lipinski definition) is 2. The van der Waals surface area contributed by atoms with E-state index in [1.54, 1.807) is 0 Å². The molecule has 1 rings (SSSR count). The number of ketones is 1. The van der Waals surface area contributed by atoms with Gasteiger partial charge in [-0.1, -0.05) is 6.58 Å². The molecule has 0 radical (unpaired) electrons. The van der Waals surface area contributed by atoms with Gasteiger partial charge in [0.1, 0.15) is 0 Å². The monoisotopic (exact) mass is 177 g/mol. The molecule has 0 atom stereocenters. The predicted molar refractivity (Wildman–Crippen MR) is 48.6 cm³/mol. The summed E-state index contributed by atoms with van der Waals surface area (Å²) in [6.45, 7) is 3.31. The summed E-state index contributed by atoms with van der Waals surface area (Å²) < 4.78 is 0. The average molecular weight is 177 g/mol. The van der Waals surface area contributed by atoms with E-state index in [4.69, 9.17) is 10.0 Å². The van der Waals surface area contributed by atoms with Crippen molar-refractivity contribution in [3.05, 3.63) is 36.7 Å². The third kappa shape index (κ3) is 2.24. The van der Waals surface area contributed by atoms with E-state index in [2.05, 4.69) is 11.6 Å². The molecule has 0 saturated carbocycles. The molecule has 1 heterocycles. The van der Waals surface area contributed by atoms with E-state index in [0.29, 0.717) is 5.56 Å². The molecule has 5 heteroatoms. The van der Waals surface area contributed by atoms with E-state index in [-0.39, 0.29) is 11.2 Å². The maximum atomic E-state index is 11.1. The third-order valence-corrected chi connectivity index (χ3v) is 1.53. The van der Waals surface area contributed by atoms with E-state index in [1.165, 1.54) is 18.5 Å². The minimum Gasteiger partial charge on any atom is -0.423 e. The van der Waals surface area contributed by atoms with Gasteiger partial charge in [0.05, 0.1) is 0 Å². The number of nitrogens with zero attached hydrogens (tertiary/aromatic N) is 1. The lowest BCUT2D eigenvalue weighted by atomic mass is 9.81. The molecule has 13 heavy (non-hydrogen) atoms. The first kappa shape index (κ1) is 9.63. The van der Waals surface area contributed by atoms with Crippen LogP contribution < -0.4 is 5.46 Å². The van der Waals surface area contributed by atoms with Gasteiger partial charge in [-0.15, -0.1) is 0 Å². The Morgan fingerprint density at radius 2 is 2.23 bits per heavy atom. The van der Waals surface area contributed by atoms with E-state index in [9.17, 15) is 4.79 Å². The number of carbonyl (C=O) groups is 1. The fourth-order valence-corrected chi connectivity index (χ4v) is 0.852. The summed E-state index contributed by atoms with van der Waals surface area (Å²) in [6.07, 6.45) is 3.77. The lowest BCUT2D eigenvalue weighted by molar-refractivity contribution is 0.104. The number of pyridine rings is 1. The molecule has 0 fully saturated rings. The van der Waals surface area contributed by atoms with Crippen LogP contribution in [0.1, 0.15) is 10.4 Å². The van der Waals surface area contributed by atoms with Gasteiger partial charge in [-0.3, -0.25) is 9.78 Å². The summed E-state index contributed by atoms with van der Waals surface area (Å²) in [7, 11) is -1.61. The SMILES string of the molecule is C=CC(=O)c1cncc(B(O)O)c1. The second-order valence-corrected chi connectivity index (χ2v) is 2.45. The van der Waals surface area contributed by atoms with Crippen molar-refractivity contribution < 1.29 is 14.8 Å². The van der Waals surface area contributed by atoms with Crippen molar-refractivity contribution in [1.29, 1.82) is 0 Å². The van der Waals surface area contributed by atoms with Gasteiger partial charge in [0.25, 0.3) is 0 Å². The highest BCUT2D eigenvalue weighted by Gasteiger charge is 2.12. The van der Waals surface area contributed by atoms with Gasteiger partial charge < -0.3 is 10.0 Å². The Morgan fingerprint density at radius 3 is 2.77 bits per heavy atom. The normalized spacial score (nSPS) is 9.38. The molecule has 2 N–H and O–H groups in total. The fourth-order valence-electron chi connectivity index (χ4n) is 0.852. The molecule has 4 nitrogen and oxygen atoms in total. The van der Waals surface area contributed by atoms with Gasteiger partial charge in [0.2, 0.25) is 0 Å². The molecule has 0 unspecified atom stereocenters. The second kappa shape index (κ2) is 3.98. The van der Waals surface area contributed by atoms with Crippen LogP contribution >= 0.6 is 0 Å². The van der Waals surface area contributed by atoms with Crippen molar-refractivity contribution in [2.45, 2.75) is 0 Å². The van der Waals surface area contributed by atoms with Crippen LogP contribution in [-0.2, 0) is 0 Å². The zero-order valence-electron chi connectivity index (χ0n) is 6.84. The molecule has 0 aromatic carbocycles. The van der Waals surface area contributed by atoms with Crippen LogP contribution in [0.5, 0.6) is 0 Å². The molecule has 0 saturated heterocycles. The molecule has 0 aliphatic heterocycles. The largest absolute Gasteiger partial charge is 0.490 e. The third-order valence-electron chi connectivity index (χ3n) is 1.53. The van der Waals surface area contributed by atoms with Crippen LogP contribution in [0.4, 0.5) is 0 Å². The van der Waals surface area contributed by atoms with Crippen molar-refractivity contribution in [3.63, 3.8) is 0 Å². The summed E-state index contributed by atoms with van der Waals surface area (Å²) in [5.74, 6) is -0.296. The summed E-state index contributed by atoms with van der Waals surface area (Å²) in [4.78, 5) is 14.8. The average Bonchev–Trinajstić information content (AvgIpc) is 2.17. The van der Waals surface area contributed by atoms with Crippen molar-refractivity contribution in [2.24, 2.45) is 0 Å². The topological polar surface area (TPSA) is 70.4 Å².